The maximum Gasteiger partial charge on any atom is 0.326 e. The summed E-state index contributed by atoms with van der Waals surface area (Å²) in [6.45, 7) is 10.1. The van der Waals surface area contributed by atoms with Crippen LogP contribution in [0.15, 0.2) is 35.3 Å². The Bertz CT molecular complexity index is 2410. The quantitative estimate of drug-likeness (QED) is 0.0178. The van der Waals surface area contributed by atoms with E-state index in [4.69, 9.17) is 28.7 Å². The van der Waals surface area contributed by atoms with Crippen molar-refractivity contribution in [2.75, 3.05) is 19.6 Å². The molecule has 1 aliphatic heterocycles. The second kappa shape index (κ2) is 36.5. The van der Waals surface area contributed by atoms with Gasteiger partial charge in [0.15, 0.2) is 5.96 Å². The van der Waals surface area contributed by atoms with Gasteiger partial charge in [-0.15, -0.1) is 0 Å². The van der Waals surface area contributed by atoms with E-state index in [9.17, 15) is 67.7 Å². The highest BCUT2D eigenvalue weighted by atomic mass is 16.4. The number of carboxylic acid groups (broad SMARTS) is 2. The number of primary amides is 1. The first-order valence-corrected chi connectivity index (χ1v) is 28.1. The highest BCUT2D eigenvalue weighted by Crippen LogP contribution is 2.21. The van der Waals surface area contributed by atoms with Crippen LogP contribution in [0.2, 0.25) is 0 Å². The average Bonchev–Trinajstić information content (AvgIpc) is 3.97. The number of carboxylic acids is 2. The Morgan fingerprint density at radius 1 is 0.578 bits per heavy atom. The van der Waals surface area contributed by atoms with Crippen molar-refractivity contribution in [2.24, 2.45) is 45.5 Å². The first-order chi connectivity index (χ1) is 39.0. The van der Waals surface area contributed by atoms with Crippen molar-refractivity contribution >= 4 is 77.0 Å². The number of nitrogens with zero attached hydrogens (tertiary/aromatic N) is 2. The van der Waals surface area contributed by atoms with Crippen LogP contribution in [-0.2, 0) is 64.0 Å². The number of carbonyl (C=O) groups excluding carboxylic acids is 10. The summed E-state index contributed by atoms with van der Waals surface area (Å²) < 4.78 is 0. The Morgan fingerprint density at radius 2 is 1.06 bits per heavy atom. The molecule has 10 atom stereocenters. The van der Waals surface area contributed by atoms with Crippen LogP contribution in [0.3, 0.4) is 0 Å². The predicted molar refractivity (Wildman–Crippen MR) is 304 cm³/mol. The van der Waals surface area contributed by atoms with Crippen molar-refractivity contribution in [3.63, 3.8) is 0 Å². The Balaban J connectivity index is 2.33. The molecule has 464 valence electrons. The van der Waals surface area contributed by atoms with E-state index in [0.29, 0.717) is 19.3 Å². The minimum Gasteiger partial charge on any atom is -0.481 e. The van der Waals surface area contributed by atoms with Gasteiger partial charge in [-0.3, -0.25) is 57.7 Å². The first-order valence-electron chi connectivity index (χ1n) is 28.1. The van der Waals surface area contributed by atoms with Crippen molar-refractivity contribution in [2.45, 2.75) is 192 Å². The van der Waals surface area contributed by atoms with E-state index in [1.165, 1.54) is 18.7 Å². The Hall–Kier alpha value is -7.95. The molecule has 0 bridgehead atoms. The normalized spacial score (nSPS) is 16.2. The summed E-state index contributed by atoms with van der Waals surface area (Å²) in [5, 5.41) is 39.8. The Kier molecular flexibility index (Phi) is 31.3. The fourth-order valence-electron chi connectivity index (χ4n) is 8.92. The minimum absolute atomic E-state index is 0.0132. The monoisotopic (exact) mass is 1170 g/mol. The van der Waals surface area contributed by atoms with E-state index in [0.717, 1.165) is 5.56 Å². The largest absolute Gasteiger partial charge is 0.481 e. The molecule has 0 unspecified atom stereocenters. The molecule has 1 aliphatic rings. The number of benzene rings is 1. The van der Waals surface area contributed by atoms with Crippen molar-refractivity contribution in [3.05, 3.63) is 35.9 Å². The molecular formula is C54H89N15O14. The summed E-state index contributed by atoms with van der Waals surface area (Å²) in [4.78, 5) is 164. The smallest absolute Gasteiger partial charge is 0.326 e. The number of hydrogen-bond acceptors (Lipinski definition) is 15. The van der Waals surface area contributed by atoms with Crippen LogP contribution in [0.5, 0.6) is 0 Å². The van der Waals surface area contributed by atoms with E-state index in [1.807, 2.05) is 6.07 Å². The van der Waals surface area contributed by atoms with Gasteiger partial charge in [0.05, 0.1) is 6.04 Å². The predicted octanol–water partition coefficient (Wildman–Crippen LogP) is -3.04. The molecule has 0 radical (unpaired) electrons. The van der Waals surface area contributed by atoms with E-state index in [2.05, 4.69) is 47.5 Å². The van der Waals surface area contributed by atoms with E-state index >= 15 is 0 Å². The van der Waals surface area contributed by atoms with Crippen LogP contribution in [0.1, 0.15) is 131 Å². The summed E-state index contributed by atoms with van der Waals surface area (Å²) in [5.74, 6) is -11.4. The lowest BCUT2D eigenvalue weighted by atomic mass is 10.0. The highest BCUT2D eigenvalue weighted by Gasteiger charge is 2.40. The summed E-state index contributed by atoms with van der Waals surface area (Å²) in [6, 6.07) is -3.97. The SMILES string of the molecule is CC(C)C[C@H](NC(=O)[C@H](CCCCN)NC(=O)[C@H](CCCN=C(N)N)NC(=O)[C@H](C)NC(=O)[C@@H](N)Cc1ccccc1)C(=O)N[C@@H](CCC(=O)O)C(=O)N[C@@H](C)C(=O)N[C@@H](CC(C)C)C(=O)N1CCC[C@H]1C(=O)N[C@@H](CCC(N)=O)C(=O)O. The zero-order valence-corrected chi connectivity index (χ0v) is 48.4. The molecule has 1 aromatic rings. The number of likely N-dealkylation sites (tertiary alicyclic amines) is 1. The lowest BCUT2D eigenvalue weighted by molar-refractivity contribution is -0.145. The Labute approximate surface area is 483 Å². The van der Waals surface area contributed by atoms with Gasteiger partial charge in [0.2, 0.25) is 59.1 Å². The molecule has 0 saturated carbocycles. The number of nitrogens with one attached hydrogen (secondary N) is 8. The number of hydrogen-bond donors (Lipinski definition) is 15. The van der Waals surface area contributed by atoms with Crippen LogP contribution in [0.4, 0.5) is 0 Å². The van der Waals surface area contributed by atoms with Gasteiger partial charge < -0.3 is 86.3 Å². The molecule has 1 saturated heterocycles. The standard InChI is InChI=1S/C54H89N15O14/c1-29(2)26-39(67-49(78)35(16-10-11-23-55)64-48(77)36(17-12-24-60-54(58)59)63-44(73)31(5)61-46(75)34(56)28-33-14-8-7-9-15-33)50(79)65-37(20-22-43(71)72)47(76)62-32(6)45(74)68-40(27-30(3)4)52(81)69-25-13-18-41(69)51(80)66-38(53(82)83)19-21-42(57)70/h7-9,14-15,29-32,34-41H,10-13,16-28,55-56H2,1-6H3,(H2,57,70)(H,61,75)(H,62,76)(H,63,73)(H,64,77)(H,65,79)(H,66,80)(H,67,78)(H,68,74)(H,71,72)(H,82,83)(H4,58,59,60)/t31-,32-,34-,35-,36-,37-,38-,39-,40-,41-/m0/s1. The van der Waals surface area contributed by atoms with Crippen LogP contribution in [0, 0.1) is 11.8 Å². The average molecular weight is 1170 g/mol. The molecule has 0 aliphatic carbocycles. The number of carbonyl (C=O) groups is 12. The molecular weight excluding hydrogens is 1080 g/mol. The third-order valence-corrected chi connectivity index (χ3v) is 13.4. The van der Waals surface area contributed by atoms with Gasteiger partial charge in [0.1, 0.15) is 54.4 Å². The van der Waals surface area contributed by atoms with Gasteiger partial charge >= 0.3 is 11.9 Å². The maximum atomic E-state index is 14.3. The second-order valence-corrected chi connectivity index (χ2v) is 21.6. The maximum absolute atomic E-state index is 14.3. The zero-order chi connectivity index (χ0) is 62.5. The summed E-state index contributed by atoms with van der Waals surface area (Å²) in [6.07, 6.45) is 0.0126. The third-order valence-electron chi connectivity index (χ3n) is 13.4. The number of nitrogens with two attached hydrogens (primary N) is 5. The van der Waals surface area contributed by atoms with Gasteiger partial charge in [0, 0.05) is 25.9 Å². The molecule has 29 heteroatoms. The molecule has 0 aromatic heterocycles. The molecule has 83 heavy (non-hydrogen) atoms. The molecule has 29 nitrogen and oxygen atoms in total. The van der Waals surface area contributed by atoms with Gasteiger partial charge in [0.25, 0.3) is 0 Å². The van der Waals surface area contributed by atoms with Crippen LogP contribution in [0.25, 0.3) is 0 Å². The van der Waals surface area contributed by atoms with Crippen molar-refractivity contribution < 1.29 is 67.7 Å². The zero-order valence-electron chi connectivity index (χ0n) is 48.4. The topological polar surface area (TPSA) is 487 Å². The lowest BCUT2D eigenvalue weighted by Crippen LogP contribution is -2.60. The van der Waals surface area contributed by atoms with Gasteiger partial charge in [-0.2, -0.15) is 0 Å². The second-order valence-electron chi connectivity index (χ2n) is 21.6. The van der Waals surface area contributed by atoms with E-state index < -0.39 is 144 Å². The fraction of sp³-hybridized carbons (Fsp3) is 0.648. The molecule has 10 amide bonds. The lowest BCUT2D eigenvalue weighted by Gasteiger charge is -2.31. The van der Waals surface area contributed by atoms with Crippen LogP contribution >= 0.6 is 0 Å². The molecule has 1 heterocycles. The molecule has 20 N–H and O–H groups in total. The molecule has 1 fully saturated rings. The molecule has 1 aromatic carbocycles. The number of aliphatic imine (C=N–C) groups is 1. The molecule has 0 spiro atoms. The van der Waals surface area contributed by atoms with Gasteiger partial charge in [-0.25, -0.2) is 4.79 Å². The van der Waals surface area contributed by atoms with Crippen molar-refractivity contribution in [1.29, 1.82) is 0 Å². The number of rotatable bonds is 38. The minimum atomic E-state index is -1.59. The Morgan fingerprint density at radius 3 is 1.59 bits per heavy atom. The van der Waals surface area contributed by atoms with E-state index in [1.54, 1.807) is 52.0 Å². The third kappa shape index (κ3) is 26.7. The van der Waals surface area contributed by atoms with Crippen molar-refractivity contribution in [3.8, 4) is 0 Å². The van der Waals surface area contributed by atoms with Gasteiger partial charge in [-0.1, -0.05) is 58.0 Å². The number of amides is 10. The number of unbranched alkanes of at least 4 members (excludes halogenated alkanes) is 1. The van der Waals surface area contributed by atoms with Crippen LogP contribution in [-0.4, -0.2) is 172 Å². The van der Waals surface area contributed by atoms with Crippen LogP contribution < -0.4 is 71.2 Å². The summed E-state index contributed by atoms with van der Waals surface area (Å²) in [7, 11) is 0. The van der Waals surface area contributed by atoms with Gasteiger partial charge in [-0.05, 0) is 115 Å². The fourth-order valence-corrected chi connectivity index (χ4v) is 8.92. The van der Waals surface area contributed by atoms with E-state index in [-0.39, 0.29) is 95.2 Å². The first kappa shape index (κ1) is 71.2. The highest BCUT2D eigenvalue weighted by molar-refractivity contribution is 5.98. The molecule has 2 rings (SSSR count). The number of aliphatic carboxylic acids is 2. The summed E-state index contributed by atoms with van der Waals surface area (Å²) in [5.41, 5.74) is 28.8. The summed E-state index contributed by atoms with van der Waals surface area (Å²) >= 11 is 0. The van der Waals surface area contributed by atoms with Crippen molar-refractivity contribution in [1.82, 2.24) is 47.4 Å². The number of guanidine groups is 1.